The molecule has 3 amide bonds. The molecule has 1 N–H and O–H groups in total. The molecule has 1 fully saturated rings. The molecule has 3 aliphatic carbocycles. The number of nitrogens with zero attached hydrogens (tertiary/aromatic N) is 1. The average molecular weight is 616 g/mol. The molecule has 0 aromatic heterocycles. The zero-order valence-electron chi connectivity index (χ0n) is 23.1. The molecule has 1 saturated heterocycles. The summed E-state index contributed by atoms with van der Waals surface area (Å²) >= 11 is 3.43. The van der Waals surface area contributed by atoms with Gasteiger partial charge in [-0.3, -0.25) is 19.3 Å². The molecule has 210 valence electrons. The number of ether oxygens (including phenoxy) is 1. The zero-order chi connectivity index (χ0) is 29.0. The number of esters is 1. The fraction of sp³-hybridized carbons (Fsp3) is 0.333. The van der Waals surface area contributed by atoms with Crippen LogP contribution in [-0.4, -0.2) is 41.2 Å². The molecular formula is C33H31BrN2O5. The molecule has 7 rings (SSSR count). The second kappa shape index (κ2) is 10.6. The first kappa shape index (κ1) is 27.4. The van der Waals surface area contributed by atoms with Crippen LogP contribution in [0.4, 0.5) is 5.69 Å². The second-order valence-corrected chi connectivity index (χ2v) is 12.4. The van der Waals surface area contributed by atoms with E-state index in [1.807, 2.05) is 75.4 Å². The molecule has 0 saturated carbocycles. The van der Waals surface area contributed by atoms with Crippen molar-refractivity contribution in [1.29, 1.82) is 0 Å². The van der Waals surface area contributed by atoms with Crippen molar-refractivity contribution in [3.05, 3.63) is 99.0 Å². The van der Waals surface area contributed by atoms with Crippen LogP contribution in [0.5, 0.6) is 0 Å². The lowest BCUT2D eigenvalue weighted by Gasteiger charge is -2.45. The Morgan fingerprint density at radius 2 is 1.39 bits per heavy atom. The first-order valence-electron chi connectivity index (χ1n) is 13.9. The van der Waals surface area contributed by atoms with Crippen LogP contribution in [0, 0.1) is 24.7 Å². The summed E-state index contributed by atoms with van der Waals surface area (Å²) in [7, 11) is 0. The van der Waals surface area contributed by atoms with Gasteiger partial charge in [-0.05, 0) is 65.3 Å². The van der Waals surface area contributed by atoms with E-state index in [0.29, 0.717) is 5.69 Å². The maximum Gasteiger partial charge on any atom is 0.329 e. The highest BCUT2D eigenvalue weighted by Crippen LogP contribution is 2.61. The second-order valence-electron chi connectivity index (χ2n) is 11.6. The van der Waals surface area contributed by atoms with Crippen LogP contribution in [0.1, 0.15) is 59.9 Å². The van der Waals surface area contributed by atoms with Gasteiger partial charge in [0.15, 0.2) is 6.61 Å². The Bertz CT molecular complexity index is 1470. The van der Waals surface area contributed by atoms with Crippen molar-refractivity contribution in [2.45, 2.75) is 45.1 Å². The van der Waals surface area contributed by atoms with Gasteiger partial charge in [-0.2, -0.15) is 0 Å². The van der Waals surface area contributed by atoms with Gasteiger partial charge in [0.2, 0.25) is 11.8 Å². The number of likely N-dealkylation sites (tertiary alicyclic amines) is 1. The van der Waals surface area contributed by atoms with Crippen LogP contribution in [-0.2, 0) is 23.9 Å². The summed E-state index contributed by atoms with van der Waals surface area (Å²) in [5, 5.41) is 2.73. The van der Waals surface area contributed by atoms with Crippen LogP contribution in [0.25, 0.3) is 0 Å². The highest BCUT2D eigenvalue weighted by molar-refractivity contribution is 9.10. The summed E-state index contributed by atoms with van der Waals surface area (Å²) in [6.45, 7) is 5.24. The number of hydrogen-bond acceptors (Lipinski definition) is 5. The van der Waals surface area contributed by atoms with E-state index in [1.165, 1.54) is 0 Å². The number of carbonyl (C=O) groups excluding carboxylic acids is 4. The van der Waals surface area contributed by atoms with E-state index in [1.54, 1.807) is 12.1 Å². The van der Waals surface area contributed by atoms with Crippen molar-refractivity contribution < 1.29 is 23.9 Å². The summed E-state index contributed by atoms with van der Waals surface area (Å²) in [5.41, 5.74) is 5.81. The van der Waals surface area contributed by atoms with Gasteiger partial charge in [0.1, 0.15) is 6.04 Å². The van der Waals surface area contributed by atoms with Crippen molar-refractivity contribution in [3.8, 4) is 0 Å². The number of anilines is 1. The Balaban J connectivity index is 1.26. The van der Waals surface area contributed by atoms with Crippen LogP contribution in [0.15, 0.2) is 71.2 Å². The number of hydrogen-bond donors (Lipinski definition) is 1. The van der Waals surface area contributed by atoms with E-state index in [0.717, 1.165) is 37.2 Å². The van der Waals surface area contributed by atoms with Gasteiger partial charge in [-0.25, -0.2) is 4.79 Å². The molecule has 0 spiro atoms. The third kappa shape index (κ3) is 4.58. The maximum atomic E-state index is 14.1. The molecule has 8 heteroatoms. The maximum absolute atomic E-state index is 14.1. The van der Waals surface area contributed by atoms with Gasteiger partial charge >= 0.3 is 5.97 Å². The number of aryl methyl sites for hydroxylation is 1. The molecule has 3 atom stereocenters. The molecule has 3 aromatic rings. The Hall–Kier alpha value is -3.78. The molecule has 3 aromatic carbocycles. The summed E-state index contributed by atoms with van der Waals surface area (Å²) in [5.74, 6) is -3.59. The van der Waals surface area contributed by atoms with E-state index in [4.69, 9.17) is 4.74 Å². The first-order valence-corrected chi connectivity index (χ1v) is 14.7. The van der Waals surface area contributed by atoms with E-state index >= 15 is 0 Å². The van der Waals surface area contributed by atoms with Crippen LogP contribution >= 0.6 is 15.9 Å². The normalized spacial score (nSPS) is 22.7. The number of benzene rings is 3. The summed E-state index contributed by atoms with van der Waals surface area (Å²) in [4.78, 5) is 55.5. The molecule has 0 radical (unpaired) electrons. The molecule has 2 bridgehead atoms. The predicted molar refractivity (Wildman–Crippen MR) is 157 cm³/mol. The van der Waals surface area contributed by atoms with Gasteiger partial charge in [0.05, 0.1) is 11.8 Å². The van der Waals surface area contributed by atoms with Gasteiger partial charge in [-0.1, -0.05) is 78.3 Å². The summed E-state index contributed by atoms with van der Waals surface area (Å²) < 4.78 is 6.36. The van der Waals surface area contributed by atoms with Crippen LogP contribution in [0.3, 0.4) is 0 Å². The molecule has 7 nitrogen and oxygen atoms in total. The quantitative estimate of drug-likeness (QED) is 0.278. The Morgan fingerprint density at radius 1 is 0.878 bits per heavy atom. The number of imide groups is 1. The van der Waals surface area contributed by atoms with Crippen molar-refractivity contribution in [2.24, 2.45) is 17.8 Å². The number of amides is 3. The molecule has 1 heterocycles. The lowest BCUT2D eigenvalue weighted by Crippen LogP contribution is -2.47. The standard InChI is InChI=1S/C33H31BrN2O5/c1-17(2)14-25(33(40)41-16-26(37)35-19-12-13-24(34)18(3)15-19)36-31(38)29-27-20-8-4-5-9-21(20)28(30(29)32(36)39)23-11-7-6-10-22(23)27/h4-13,15,17,25,27-30H,14,16H2,1-3H3,(H,35,37)/t25-,27?,28?,29-,30+/m0/s1. The fourth-order valence-corrected chi connectivity index (χ4v) is 7.16. The van der Waals surface area contributed by atoms with Crippen molar-refractivity contribution in [2.75, 3.05) is 11.9 Å². The SMILES string of the molecule is Cc1cc(NC(=O)COC(=O)[C@H](CC(C)C)N2C(=O)[C@@H]3C4c5ccccc5C(c5ccccc54)[C@@H]3C2=O)ccc1Br. The van der Waals surface area contributed by atoms with Gasteiger partial charge in [0, 0.05) is 22.0 Å². The lowest BCUT2D eigenvalue weighted by molar-refractivity contribution is -0.160. The molecule has 4 aliphatic rings. The average Bonchev–Trinajstić information content (AvgIpc) is 3.22. The topological polar surface area (TPSA) is 92.8 Å². The number of nitrogens with one attached hydrogen (secondary N) is 1. The Labute approximate surface area is 247 Å². The monoisotopic (exact) mass is 614 g/mol. The van der Waals surface area contributed by atoms with Crippen molar-refractivity contribution >= 4 is 45.3 Å². The number of rotatable bonds is 7. The third-order valence-corrected chi connectivity index (χ3v) is 9.44. The number of carbonyl (C=O) groups is 4. The van der Waals surface area contributed by atoms with Gasteiger partial charge in [0.25, 0.3) is 5.91 Å². The van der Waals surface area contributed by atoms with E-state index in [2.05, 4.69) is 21.2 Å². The molecule has 41 heavy (non-hydrogen) atoms. The minimum absolute atomic E-state index is 0.00135. The highest BCUT2D eigenvalue weighted by atomic mass is 79.9. The minimum atomic E-state index is -1.10. The van der Waals surface area contributed by atoms with Gasteiger partial charge < -0.3 is 10.1 Å². The predicted octanol–water partition coefficient (Wildman–Crippen LogP) is 5.55. The Kier molecular flexibility index (Phi) is 7.06. The fourth-order valence-electron chi connectivity index (χ4n) is 6.91. The van der Waals surface area contributed by atoms with Gasteiger partial charge in [-0.15, -0.1) is 0 Å². The molecule has 0 unspecified atom stereocenters. The summed E-state index contributed by atoms with van der Waals surface area (Å²) in [6.07, 6.45) is 0.249. The number of halogens is 1. The van der Waals surface area contributed by atoms with Crippen LogP contribution < -0.4 is 5.32 Å². The zero-order valence-corrected chi connectivity index (χ0v) is 24.7. The molecular weight excluding hydrogens is 584 g/mol. The van der Waals surface area contributed by atoms with Crippen molar-refractivity contribution in [3.63, 3.8) is 0 Å². The van der Waals surface area contributed by atoms with E-state index < -0.39 is 36.4 Å². The smallest absolute Gasteiger partial charge is 0.329 e. The minimum Gasteiger partial charge on any atom is -0.454 e. The van der Waals surface area contributed by atoms with Crippen LogP contribution in [0.2, 0.25) is 0 Å². The van der Waals surface area contributed by atoms with E-state index in [9.17, 15) is 19.2 Å². The Morgan fingerprint density at radius 3 is 1.85 bits per heavy atom. The van der Waals surface area contributed by atoms with Crippen molar-refractivity contribution in [1.82, 2.24) is 4.90 Å². The molecule has 1 aliphatic heterocycles. The highest BCUT2D eigenvalue weighted by Gasteiger charge is 2.63. The van der Waals surface area contributed by atoms with E-state index in [-0.39, 0.29) is 36.0 Å². The largest absolute Gasteiger partial charge is 0.454 e. The first-order chi connectivity index (χ1) is 19.7. The third-order valence-electron chi connectivity index (χ3n) is 8.55. The lowest BCUT2D eigenvalue weighted by atomic mass is 9.55. The summed E-state index contributed by atoms with van der Waals surface area (Å²) in [6, 6.07) is 20.3.